The minimum absolute atomic E-state index is 0.166. The first-order valence-corrected chi connectivity index (χ1v) is 12.0. The summed E-state index contributed by atoms with van der Waals surface area (Å²) in [6, 6.07) is 6.61. The van der Waals surface area contributed by atoms with Crippen molar-refractivity contribution in [2.24, 2.45) is 0 Å². The zero-order chi connectivity index (χ0) is 25.5. The van der Waals surface area contributed by atoms with E-state index in [1.165, 1.54) is 11.8 Å². The Bertz CT molecular complexity index is 1180. The third kappa shape index (κ3) is 5.21. The third-order valence-electron chi connectivity index (χ3n) is 6.13. The Labute approximate surface area is 205 Å². The van der Waals surface area contributed by atoms with Crippen LogP contribution in [0.5, 0.6) is 17.2 Å². The number of hydrogen-bond acceptors (Lipinski definition) is 7. The molecule has 1 unspecified atom stereocenters. The summed E-state index contributed by atoms with van der Waals surface area (Å²) in [6.45, 7) is 11.1. The van der Waals surface area contributed by atoms with Gasteiger partial charge in [-0.15, -0.1) is 0 Å². The molecule has 0 radical (unpaired) electrons. The van der Waals surface area contributed by atoms with Crippen LogP contribution in [0.25, 0.3) is 10.8 Å². The average Bonchev–Trinajstić information content (AvgIpc) is 3.24. The summed E-state index contributed by atoms with van der Waals surface area (Å²) in [7, 11) is 0. The number of nitrogens with zero attached hydrogens (tertiary/aromatic N) is 1. The molecule has 2 aromatic carbocycles. The van der Waals surface area contributed by atoms with Gasteiger partial charge in [-0.2, -0.15) is 0 Å². The third-order valence-corrected chi connectivity index (χ3v) is 6.13. The smallest absolute Gasteiger partial charge is 0.411 e. The Morgan fingerprint density at radius 3 is 2.40 bits per heavy atom. The molecule has 4 rings (SSSR count). The molecule has 8 nitrogen and oxygen atoms in total. The van der Waals surface area contributed by atoms with Gasteiger partial charge in [-0.05, 0) is 60.3 Å². The Balaban J connectivity index is 1.76. The molecule has 0 aliphatic carbocycles. The summed E-state index contributed by atoms with van der Waals surface area (Å²) in [5, 5.41) is 1.36. The second kappa shape index (κ2) is 9.06. The van der Waals surface area contributed by atoms with Gasteiger partial charge >= 0.3 is 18.0 Å². The molecule has 2 heterocycles. The van der Waals surface area contributed by atoms with Crippen molar-refractivity contribution in [2.45, 2.75) is 84.5 Å². The average molecular weight is 484 g/mol. The van der Waals surface area contributed by atoms with E-state index in [2.05, 4.69) is 0 Å². The van der Waals surface area contributed by atoms with E-state index in [4.69, 9.17) is 18.9 Å². The maximum Gasteiger partial charge on any atom is 0.411 e. The summed E-state index contributed by atoms with van der Waals surface area (Å²) in [6.07, 6.45) is 1.86. The van der Waals surface area contributed by atoms with Crippen molar-refractivity contribution in [1.29, 1.82) is 0 Å². The van der Waals surface area contributed by atoms with Gasteiger partial charge in [0.2, 0.25) is 0 Å². The largest absolute Gasteiger partial charge is 0.487 e. The lowest BCUT2D eigenvalue weighted by Crippen LogP contribution is -2.44. The Morgan fingerprint density at radius 2 is 1.74 bits per heavy atom. The molecule has 1 atom stereocenters. The SMILES string of the molecule is CC(=O)Oc1c2c(c3ccccc3c1OC(=O)C1CCCN1C(=O)OC(C)(C)C)OC(C)(C)CC2. The fourth-order valence-corrected chi connectivity index (χ4v) is 4.57. The van der Waals surface area contributed by atoms with Crippen LogP contribution in [-0.2, 0) is 20.7 Å². The van der Waals surface area contributed by atoms with E-state index in [0.717, 1.165) is 5.39 Å². The lowest BCUT2D eigenvalue weighted by molar-refractivity contribution is -0.140. The number of hydrogen-bond donors (Lipinski definition) is 0. The van der Waals surface area contributed by atoms with Crippen LogP contribution in [-0.4, -0.2) is 46.7 Å². The topological polar surface area (TPSA) is 91.4 Å². The van der Waals surface area contributed by atoms with Gasteiger partial charge in [-0.25, -0.2) is 9.59 Å². The van der Waals surface area contributed by atoms with E-state index in [9.17, 15) is 14.4 Å². The van der Waals surface area contributed by atoms with E-state index < -0.39 is 29.7 Å². The molecule has 35 heavy (non-hydrogen) atoms. The molecular formula is C27H33NO7. The molecule has 8 heteroatoms. The van der Waals surface area contributed by atoms with E-state index in [-0.39, 0.29) is 17.1 Å². The number of carbonyl (C=O) groups is 3. The van der Waals surface area contributed by atoms with Crippen molar-refractivity contribution in [3.05, 3.63) is 29.8 Å². The van der Waals surface area contributed by atoms with Crippen molar-refractivity contribution in [3.8, 4) is 17.2 Å². The molecule has 188 valence electrons. The standard InChI is InChI=1S/C27H33NO7/c1-16(29)32-23-19-13-14-27(5,6)34-21(19)17-10-7-8-11-18(17)22(23)33-24(30)20-12-9-15-28(20)25(31)35-26(2,3)4/h7-8,10-11,20H,9,12-15H2,1-6H3. The summed E-state index contributed by atoms with van der Waals surface area (Å²) in [5.74, 6) is -0.135. The first-order chi connectivity index (χ1) is 16.4. The Kier molecular flexibility index (Phi) is 6.42. The maximum atomic E-state index is 13.4. The molecule has 2 aliphatic heterocycles. The molecule has 0 N–H and O–H groups in total. The van der Waals surface area contributed by atoms with Crippen molar-refractivity contribution in [2.75, 3.05) is 6.54 Å². The van der Waals surface area contributed by atoms with Gasteiger partial charge in [0.15, 0.2) is 11.5 Å². The summed E-state index contributed by atoms with van der Waals surface area (Å²) >= 11 is 0. The minimum Gasteiger partial charge on any atom is -0.487 e. The zero-order valence-corrected chi connectivity index (χ0v) is 21.2. The van der Waals surface area contributed by atoms with Crippen LogP contribution in [0, 0.1) is 0 Å². The van der Waals surface area contributed by atoms with Gasteiger partial charge in [-0.3, -0.25) is 9.69 Å². The number of rotatable bonds is 3. The number of carbonyl (C=O) groups excluding carboxylic acids is 3. The van der Waals surface area contributed by atoms with Gasteiger partial charge in [0.05, 0.1) is 0 Å². The molecular weight excluding hydrogens is 450 g/mol. The molecule has 1 fully saturated rings. The van der Waals surface area contributed by atoms with Crippen LogP contribution < -0.4 is 14.2 Å². The highest BCUT2D eigenvalue weighted by Crippen LogP contribution is 2.50. The number of benzene rings is 2. The van der Waals surface area contributed by atoms with Gasteiger partial charge in [0.1, 0.15) is 23.0 Å². The van der Waals surface area contributed by atoms with Crippen molar-refractivity contribution in [1.82, 2.24) is 4.90 Å². The number of ether oxygens (including phenoxy) is 4. The van der Waals surface area contributed by atoms with Crippen molar-refractivity contribution in [3.63, 3.8) is 0 Å². The zero-order valence-electron chi connectivity index (χ0n) is 21.2. The van der Waals surface area contributed by atoms with Gasteiger partial charge in [0.25, 0.3) is 0 Å². The molecule has 0 bridgehead atoms. The normalized spacial score (nSPS) is 19.0. The number of likely N-dealkylation sites (tertiary alicyclic amines) is 1. The number of amides is 1. The van der Waals surface area contributed by atoms with Crippen LogP contribution >= 0.6 is 0 Å². The van der Waals surface area contributed by atoms with Crippen LogP contribution in [0.2, 0.25) is 0 Å². The number of fused-ring (bicyclic) bond motifs is 3. The molecule has 0 spiro atoms. The van der Waals surface area contributed by atoms with E-state index in [1.807, 2.05) is 32.0 Å². The lowest BCUT2D eigenvalue weighted by Gasteiger charge is -2.34. The second-order valence-corrected chi connectivity index (χ2v) is 10.7. The Morgan fingerprint density at radius 1 is 1.06 bits per heavy atom. The number of esters is 2. The lowest BCUT2D eigenvalue weighted by atomic mass is 9.91. The van der Waals surface area contributed by atoms with Crippen LogP contribution in [0.3, 0.4) is 0 Å². The summed E-state index contributed by atoms with van der Waals surface area (Å²) < 4.78 is 23.4. The first-order valence-electron chi connectivity index (χ1n) is 12.0. The van der Waals surface area contributed by atoms with E-state index in [1.54, 1.807) is 26.8 Å². The fourth-order valence-electron chi connectivity index (χ4n) is 4.57. The quantitative estimate of drug-likeness (QED) is 0.439. The first kappa shape index (κ1) is 24.8. The Hall–Kier alpha value is -3.29. The predicted molar refractivity (Wildman–Crippen MR) is 130 cm³/mol. The van der Waals surface area contributed by atoms with Crippen LogP contribution in [0.4, 0.5) is 4.79 Å². The maximum absolute atomic E-state index is 13.4. The van der Waals surface area contributed by atoms with Gasteiger partial charge in [0, 0.05) is 29.8 Å². The monoisotopic (exact) mass is 483 g/mol. The van der Waals surface area contributed by atoms with Crippen LogP contribution in [0.1, 0.15) is 66.4 Å². The molecule has 0 aromatic heterocycles. The van der Waals surface area contributed by atoms with Crippen molar-refractivity contribution >= 4 is 28.8 Å². The molecule has 1 saturated heterocycles. The van der Waals surface area contributed by atoms with Crippen molar-refractivity contribution < 1.29 is 33.3 Å². The van der Waals surface area contributed by atoms with E-state index in [0.29, 0.717) is 48.9 Å². The predicted octanol–water partition coefficient (Wildman–Crippen LogP) is 5.17. The molecule has 2 aliphatic rings. The highest BCUT2D eigenvalue weighted by Gasteiger charge is 2.40. The highest BCUT2D eigenvalue weighted by molar-refractivity contribution is 6.00. The summed E-state index contributed by atoms with van der Waals surface area (Å²) in [5.41, 5.74) is -0.380. The second-order valence-electron chi connectivity index (χ2n) is 10.7. The summed E-state index contributed by atoms with van der Waals surface area (Å²) in [4.78, 5) is 39.6. The minimum atomic E-state index is -0.792. The van der Waals surface area contributed by atoms with E-state index >= 15 is 0 Å². The fraction of sp³-hybridized carbons (Fsp3) is 0.519. The molecule has 2 aromatic rings. The molecule has 0 saturated carbocycles. The molecule has 1 amide bonds. The van der Waals surface area contributed by atoms with Gasteiger partial charge < -0.3 is 18.9 Å². The van der Waals surface area contributed by atoms with Crippen LogP contribution in [0.15, 0.2) is 24.3 Å². The highest BCUT2D eigenvalue weighted by atomic mass is 16.6. The van der Waals surface area contributed by atoms with Gasteiger partial charge in [-0.1, -0.05) is 24.3 Å².